The van der Waals surface area contributed by atoms with Crippen LogP contribution in [-0.2, 0) is 4.79 Å². The summed E-state index contributed by atoms with van der Waals surface area (Å²) in [7, 11) is 0. The fraction of sp³-hybridized carbons (Fsp3) is 0.400. The average molecular weight is 299 g/mol. The monoisotopic (exact) mass is 299 g/mol. The molecule has 0 bridgehead atoms. The minimum atomic E-state index is -1.58. The number of hydrogen-bond donors (Lipinski definition) is 2. The molecule has 0 heterocycles. The van der Waals surface area contributed by atoms with Crippen molar-refractivity contribution in [2.45, 2.75) is 25.8 Å². The zero-order valence-corrected chi connectivity index (χ0v) is 11.5. The summed E-state index contributed by atoms with van der Waals surface area (Å²) in [4.78, 5) is 11.8. The smallest absolute Gasteiger partial charge is 0.244 e. The summed E-state index contributed by atoms with van der Waals surface area (Å²) < 4.78 is 39.3. The van der Waals surface area contributed by atoms with Gasteiger partial charge in [-0.15, -0.1) is 0 Å². The second-order valence-electron chi connectivity index (χ2n) is 5.20. The Morgan fingerprint density at radius 3 is 2.43 bits per heavy atom. The fourth-order valence-electron chi connectivity index (χ4n) is 2.09. The van der Waals surface area contributed by atoms with Gasteiger partial charge in [0.1, 0.15) is 0 Å². The summed E-state index contributed by atoms with van der Waals surface area (Å²) in [5.74, 6) is -4.33. The van der Waals surface area contributed by atoms with Crippen LogP contribution in [0.3, 0.4) is 0 Å². The van der Waals surface area contributed by atoms with Gasteiger partial charge in [-0.05, 0) is 43.4 Å². The van der Waals surface area contributed by atoms with E-state index in [-0.39, 0.29) is 5.56 Å². The van der Waals surface area contributed by atoms with E-state index in [0.717, 1.165) is 30.5 Å². The Bertz CT molecular complexity index is 559. The number of aliphatic hydroxyl groups excluding tert-OH is 1. The number of hydrogen-bond acceptors (Lipinski definition) is 2. The predicted octanol–water partition coefficient (Wildman–Crippen LogP) is 2.61. The topological polar surface area (TPSA) is 49.3 Å². The lowest BCUT2D eigenvalue weighted by molar-refractivity contribution is -0.117. The number of rotatable bonds is 5. The van der Waals surface area contributed by atoms with E-state index in [9.17, 15) is 23.1 Å². The van der Waals surface area contributed by atoms with E-state index in [1.807, 2.05) is 6.92 Å². The number of aliphatic hydroxyl groups is 1. The largest absolute Gasteiger partial charge is 0.394 e. The standard InChI is InChI=1S/C15H16F3NO2/c1-8(9-2-3-9)4-14(21)19-13(7-20)10-5-11(16)15(18)12(17)6-10/h4-6,9,13,20H,2-3,7H2,1H3,(H,19,21)/b8-4-. The van der Waals surface area contributed by atoms with Gasteiger partial charge >= 0.3 is 0 Å². The lowest BCUT2D eigenvalue weighted by Gasteiger charge is -2.16. The van der Waals surface area contributed by atoms with E-state index in [1.54, 1.807) is 0 Å². The molecule has 1 aliphatic rings. The van der Waals surface area contributed by atoms with E-state index >= 15 is 0 Å². The maximum atomic E-state index is 13.2. The van der Waals surface area contributed by atoms with Crippen molar-refractivity contribution in [2.24, 2.45) is 5.92 Å². The average Bonchev–Trinajstić information content (AvgIpc) is 3.26. The molecule has 1 aliphatic carbocycles. The van der Waals surface area contributed by atoms with Gasteiger partial charge in [0.25, 0.3) is 0 Å². The normalized spacial score (nSPS) is 16.7. The van der Waals surface area contributed by atoms with Crippen molar-refractivity contribution < 1.29 is 23.1 Å². The fourth-order valence-corrected chi connectivity index (χ4v) is 2.09. The summed E-state index contributed by atoms with van der Waals surface area (Å²) in [5.41, 5.74) is 0.903. The van der Waals surface area contributed by atoms with Gasteiger partial charge in [-0.25, -0.2) is 13.2 Å². The molecule has 0 saturated heterocycles. The molecule has 6 heteroatoms. The van der Waals surface area contributed by atoms with Crippen molar-refractivity contribution in [3.8, 4) is 0 Å². The summed E-state index contributed by atoms with van der Waals surface area (Å²) in [6, 6.07) is 0.527. The first-order chi connectivity index (χ1) is 9.92. The first-order valence-electron chi connectivity index (χ1n) is 6.66. The first kappa shape index (κ1) is 15.6. The van der Waals surface area contributed by atoms with Crippen LogP contribution in [0.25, 0.3) is 0 Å². The molecular weight excluding hydrogens is 283 g/mol. The molecule has 3 nitrogen and oxygen atoms in total. The molecule has 0 aromatic heterocycles. The molecule has 21 heavy (non-hydrogen) atoms. The third-order valence-electron chi connectivity index (χ3n) is 3.49. The maximum absolute atomic E-state index is 13.2. The van der Waals surface area contributed by atoms with Gasteiger partial charge in [0.05, 0.1) is 12.6 Å². The van der Waals surface area contributed by atoms with E-state index in [1.165, 1.54) is 6.08 Å². The highest BCUT2D eigenvalue weighted by Crippen LogP contribution is 2.35. The van der Waals surface area contributed by atoms with Crippen LogP contribution in [0.1, 0.15) is 31.4 Å². The lowest BCUT2D eigenvalue weighted by atomic mass is 10.1. The van der Waals surface area contributed by atoms with Crippen LogP contribution >= 0.6 is 0 Å². The van der Waals surface area contributed by atoms with Crippen molar-refractivity contribution in [1.82, 2.24) is 5.32 Å². The van der Waals surface area contributed by atoms with Gasteiger partial charge < -0.3 is 10.4 Å². The third kappa shape index (κ3) is 3.85. The Kier molecular flexibility index (Phi) is 4.67. The van der Waals surface area contributed by atoms with Gasteiger partial charge in [0, 0.05) is 6.08 Å². The highest BCUT2D eigenvalue weighted by molar-refractivity contribution is 5.88. The molecule has 114 valence electrons. The van der Waals surface area contributed by atoms with Crippen LogP contribution in [-0.4, -0.2) is 17.6 Å². The Morgan fingerprint density at radius 2 is 1.95 bits per heavy atom. The zero-order chi connectivity index (χ0) is 15.6. The van der Waals surface area contributed by atoms with E-state index < -0.39 is 36.0 Å². The van der Waals surface area contributed by atoms with Gasteiger partial charge in [0.15, 0.2) is 17.5 Å². The summed E-state index contributed by atoms with van der Waals surface area (Å²) in [6.45, 7) is 1.29. The molecule has 0 radical (unpaired) electrons. The molecule has 1 aromatic carbocycles. The molecule has 1 fully saturated rings. The van der Waals surface area contributed by atoms with E-state index in [0.29, 0.717) is 5.92 Å². The maximum Gasteiger partial charge on any atom is 0.244 e. The lowest BCUT2D eigenvalue weighted by Crippen LogP contribution is -2.30. The Hall–Kier alpha value is -1.82. The summed E-state index contributed by atoms with van der Waals surface area (Å²) >= 11 is 0. The molecule has 1 saturated carbocycles. The van der Waals surface area contributed by atoms with Crippen LogP contribution in [0.4, 0.5) is 13.2 Å². The van der Waals surface area contributed by atoms with Crippen molar-refractivity contribution in [3.05, 3.63) is 46.8 Å². The Balaban J connectivity index is 2.12. The van der Waals surface area contributed by atoms with E-state index in [2.05, 4.69) is 5.32 Å². The van der Waals surface area contributed by atoms with Crippen molar-refractivity contribution in [2.75, 3.05) is 6.61 Å². The quantitative estimate of drug-likeness (QED) is 0.648. The molecule has 2 rings (SSSR count). The van der Waals surface area contributed by atoms with Crippen LogP contribution in [0.2, 0.25) is 0 Å². The highest BCUT2D eigenvalue weighted by Gasteiger charge is 2.24. The van der Waals surface area contributed by atoms with Crippen molar-refractivity contribution in [3.63, 3.8) is 0 Å². The molecule has 2 N–H and O–H groups in total. The van der Waals surface area contributed by atoms with Crippen LogP contribution in [0.5, 0.6) is 0 Å². The first-order valence-corrected chi connectivity index (χ1v) is 6.66. The molecule has 1 aromatic rings. The number of amides is 1. The van der Waals surface area contributed by atoms with E-state index in [4.69, 9.17) is 0 Å². The Labute approximate surface area is 120 Å². The van der Waals surface area contributed by atoms with Crippen LogP contribution in [0.15, 0.2) is 23.8 Å². The van der Waals surface area contributed by atoms with Crippen LogP contribution < -0.4 is 5.32 Å². The minimum Gasteiger partial charge on any atom is -0.394 e. The molecular formula is C15H16F3NO2. The molecule has 1 atom stereocenters. The van der Waals surface area contributed by atoms with Crippen molar-refractivity contribution >= 4 is 5.91 Å². The highest BCUT2D eigenvalue weighted by atomic mass is 19.2. The predicted molar refractivity (Wildman–Crippen MR) is 70.8 cm³/mol. The Morgan fingerprint density at radius 1 is 1.38 bits per heavy atom. The third-order valence-corrected chi connectivity index (χ3v) is 3.49. The number of nitrogens with one attached hydrogen (secondary N) is 1. The minimum absolute atomic E-state index is 0.0280. The van der Waals surface area contributed by atoms with Crippen LogP contribution in [0, 0.1) is 23.4 Å². The number of carbonyl (C=O) groups is 1. The second kappa shape index (κ2) is 6.30. The molecule has 0 aliphatic heterocycles. The number of halogens is 3. The zero-order valence-electron chi connectivity index (χ0n) is 11.5. The van der Waals surface area contributed by atoms with Gasteiger partial charge in [-0.1, -0.05) is 5.57 Å². The summed E-state index contributed by atoms with van der Waals surface area (Å²) in [6.07, 6.45) is 3.51. The number of carbonyl (C=O) groups excluding carboxylic acids is 1. The number of allylic oxidation sites excluding steroid dienone is 1. The molecule has 1 amide bonds. The molecule has 0 spiro atoms. The van der Waals surface area contributed by atoms with Gasteiger partial charge in [-0.3, -0.25) is 4.79 Å². The number of benzene rings is 1. The van der Waals surface area contributed by atoms with Gasteiger partial charge in [-0.2, -0.15) is 0 Å². The summed E-state index contributed by atoms with van der Waals surface area (Å²) in [5, 5.41) is 11.7. The molecule has 1 unspecified atom stereocenters. The van der Waals surface area contributed by atoms with Crippen molar-refractivity contribution in [1.29, 1.82) is 0 Å². The van der Waals surface area contributed by atoms with Gasteiger partial charge in [0.2, 0.25) is 5.91 Å². The SMILES string of the molecule is C/C(=C/C(=O)NC(CO)c1cc(F)c(F)c(F)c1)C1CC1. The second-order valence-corrected chi connectivity index (χ2v) is 5.20.